The highest BCUT2D eigenvalue weighted by Crippen LogP contribution is 2.32. The van der Waals surface area contributed by atoms with Gasteiger partial charge >= 0.3 is 5.69 Å². The van der Waals surface area contributed by atoms with Crippen molar-refractivity contribution in [3.8, 4) is 0 Å². The Balaban J connectivity index is 1.13. The van der Waals surface area contributed by atoms with Crippen LogP contribution in [0.4, 0.5) is 0 Å². The van der Waals surface area contributed by atoms with Crippen LogP contribution in [0.1, 0.15) is 30.1 Å². The average Bonchev–Trinajstić information content (AvgIpc) is 3.22. The van der Waals surface area contributed by atoms with E-state index in [9.17, 15) is 18.3 Å². The van der Waals surface area contributed by atoms with Gasteiger partial charge in [-0.25, -0.2) is 13.2 Å². The number of hydrogen-bond acceptors (Lipinski definition) is 6. The SMILES string of the molecule is O=c1[nH]c2ccc(S(=O)(=O)N3CCN(CC(O)COC4CCCc5ccccc54)CC3)cc2[nH]1. The second-order valence-electron chi connectivity index (χ2n) is 9.06. The zero-order chi connectivity index (χ0) is 23.7. The van der Waals surface area contributed by atoms with Crippen LogP contribution in [0.2, 0.25) is 0 Å². The number of aryl methyl sites for hydroxylation is 1. The standard InChI is InChI=1S/C24H30N4O5S/c29-18(16-33-23-7-3-5-17-4-1-2-6-20(17)23)15-27-10-12-28(13-11-27)34(31,32)19-8-9-21-22(14-19)26-24(30)25-21/h1-2,4,6,8-9,14,18,23,29H,3,5,7,10-13,15-16H2,(H2,25,26,30). The molecule has 34 heavy (non-hydrogen) atoms. The Morgan fingerprint density at radius 1 is 1.06 bits per heavy atom. The lowest BCUT2D eigenvalue weighted by Gasteiger charge is -2.35. The fourth-order valence-electron chi connectivity index (χ4n) is 4.93. The number of fused-ring (bicyclic) bond motifs is 2. The van der Waals surface area contributed by atoms with E-state index < -0.39 is 16.1 Å². The number of aliphatic hydroxyl groups excluding tert-OH is 1. The molecule has 182 valence electrons. The third-order valence-corrected chi connectivity index (χ3v) is 8.62. The second-order valence-corrected chi connectivity index (χ2v) is 11.0. The van der Waals surface area contributed by atoms with Crippen molar-refractivity contribution >= 4 is 21.1 Å². The van der Waals surface area contributed by atoms with E-state index in [0.29, 0.717) is 43.8 Å². The zero-order valence-corrected chi connectivity index (χ0v) is 19.8. The summed E-state index contributed by atoms with van der Waals surface area (Å²) in [6.07, 6.45) is 2.51. The van der Waals surface area contributed by atoms with Crippen LogP contribution in [0.25, 0.3) is 11.0 Å². The van der Waals surface area contributed by atoms with Crippen LogP contribution < -0.4 is 5.69 Å². The highest BCUT2D eigenvalue weighted by Gasteiger charge is 2.30. The maximum Gasteiger partial charge on any atom is 0.323 e. The smallest absolute Gasteiger partial charge is 0.323 e. The van der Waals surface area contributed by atoms with Crippen LogP contribution in [0.5, 0.6) is 0 Å². The monoisotopic (exact) mass is 486 g/mol. The van der Waals surface area contributed by atoms with Crippen LogP contribution in [-0.2, 0) is 21.2 Å². The number of aromatic nitrogens is 2. The van der Waals surface area contributed by atoms with Gasteiger partial charge in [-0.15, -0.1) is 0 Å². The fourth-order valence-corrected chi connectivity index (χ4v) is 6.38. The summed E-state index contributed by atoms with van der Waals surface area (Å²) in [5.74, 6) is 0. The fraction of sp³-hybridized carbons (Fsp3) is 0.458. The number of benzene rings is 2. The molecule has 0 amide bonds. The van der Waals surface area contributed by atoms with Crippen LogP contribution in [0.3, 0.4) is 0 Å². The molecule has 2 aromatic carbocycles. The Morgan fingerprint density at radius 3 is 2.65 bits per heavy atom. The van der Waals surface area contributed by atoms with Gasteiger partial charge in [0, 0.05) is 32.7 Å². The molecule has 1 aliphatic carbocycles. The van der Waals surface area contributed by atoms with E-state index in [2.05, 4.69) is 33.1 Å². The maximum atomic E-state index is 13.1. The lowest BCUT2D eigenvalue weighted by molar-refractivity contribution is -0.0304. The molecular formula is C24H30N4O5S. The van der Waals surface area contributed by atoms with E-state index in [1.165, 1.54) is 27.6 Å². The minimum absolute atomic E-state index is 0.0221. The van der Waals surface area contributed by atoms with Crippen molar-refractivity contribution in [3.63, 3.8) is 0 Å². The second kappa shape index (κ2) is 9.63. The zero-order valence-electron chi connectivity index (χ0n) is 18.9. The summed E-state index contributed by atoms with van der Waals surface area (Å²) < 4.78 is 33.7. The van der Waals surface area contributed by atoms with Gasteiger partial charge in [-0.2, -0.15) is 4.31 Å². The van der Waals surface area contributed by atoms with Gasteiger partial charge in [0.1, 0.15) is 0 Å². The first-order valence-corrected chi connectivity index (χ1v) is 13.2. The predicted molar refractivity (Wildman–Crippen MR) is 128 cm³/mol. The topological polar surface area (TPSA) is 119 Å². The number of ether oxygens (including phenoxy) is 1. The van der Waals surface area contributed by atoms with Gasteiger partial charge < -0.3 is 19.8 Å². The third-order valence-electron chi connectivity index (χ3n) is 6.73. The molecule has 1 saturated heterocycles. The highest BCUT2D eigenvalue weighted by atomic mass is 32.2. The van der Waals surface area contributed by atoms with E-state index in [1.54, 1.807) is 6.07 Å². The van der Waals surface area contributed by atoms with Crippen molar-refractivity contribution in [2.75, 3.05) is 39.3 Å². The van der Waals surface area contributed by atoms with Gasteiger partial charge in [0.25, 0.3) is 0 Å². The van der Waals surface area contributed by atoms with E-state index in [-0.39, 0.29) is 23.3 Å². The minimum Gasteiger partial charge on any atom is -0.389 e. The van der Waals surface area contributed by atoms with E-state index in [0.717, 1.165) is 19.3 Å². The summed E-state index contributed by atoms with van der Waals surface area (Å²) in [6, 6.07) is 12.9. The van der Waals surface area contributed by atoms with Gasteiger partial charge in [-0.3, -0.25) is 4.90 Å². The summed E-state index contributed by atoms with van der Waals surface area (Å²) in [6.45, 7) is 2.45. The predicted octanol–water partition coefficient (Wildman–Crippen LogP) is 1.62. The number of aliphatic hydroxyl groups is 1. The summed E-state index contributed by atoms with van der Waals surface area (Å²) in [7, 11) is -3.67. The van der Waals surface area contributed by atoms with Crippen LogP contribution in [0, 0.1) is 0 Å². The molecule has 2 aliphatic rings. The van der Waals surface area contributed by atoms with Gasteiger partial charge in [0.15, 0.2) is 0 Å². The van der Waals surface area contributed by atoms with Gasteiger partial charge in [-0.1, -0.05) is 24.3 Å². The van der Waals surface area contributed by atoms with Crippen molar-refractivity contribution in [1.29, 1.82) is 0 Å². The number of nitrogens with one attached hydrogen (secondary N) is 2. The van der Waals surface area contributed by atoms with E-state index in [4.69, 9.17) is 4.74 Å². The lowest BCUT2D eigenvalue weighted by atomic mass is 9.89. The molecule has 0 spiro atoms. The molecular weight excluding hydrogens is 456 g/mol. The Kier molecular flexibility index (Phi) is 6.59. The molecule has 0 radical (unpaired) electrons. The first-order chi connectivity index (χ1) is 16.4. The first kappa shape index (κ1) is 23.3. The third kappa shape index (κ3) is 4.82. The number of H-pyrrole nitrogens is 2. The minimum atomic E-state index is -3.67. The number of sulfonamides is 1. The highest BCUT2D eigenvalue weighted by molar-refractivity contribution is 7.89. The average molecular weight is 487 g/mol. The number of piperazine rings is 1. The molecule has 0 saturated carbocycles. The molecule has 1 aromatic heterocycles. The molecule has 2 heterocycles. The number of rotatable bonds is 7. The van der Waals surface area contributed by atoms with Crippen molar-refractivity contribution in [2.45, 2.75) is 36.4 Å². The quantitative estimate of drug-likeness (QED) is 0.467. The Bertz CT molecular complexity index is 1310. The van der Waals surface area contributed by atoms with Crippen molar-refractivity contribution < 1.29 is 18.3 Å². The number of aromatic amines is 2. The molecule has 9 nitrogen and oxygen atoms in total. The Labute approximate surface area is 198 Å². The van der Waals surface area contributed by atoms with Crippen molar-refractivity contribution in [2.24, 2.45) is 0 Å². The Morgan fingerprint density at radius 2 is 1.82 bits per heavy atom. The number of imidazole rings is 1. The normalized spacial score (nSPS) is 20.9. The maximum absolute atomic E-state index is 13.1. The lowest BCUT2D eigenvalue weighted by Crippen LogP contribution is -2.50. The number of nitrogens with zero attached hydrogens (tertiary/aromatic N) is 2. The molecule has 3 aromatic rings. The van der Waals surface area contributed by atoms with Crippen LogP contribution in [0.15, 0.2) is 52.2 Å². The van der Waals surface area contributed by atoms with Crippen LogP contribution in [-0.4, -0.2) is 78.1 Å². The van der Waals surface area contributed by atoms with Gasteiger partial charge in [0.2, 0.25) is 10.0 Å². The molecule has 2 unspecified atom stereocenters. The molecule has 5 rings (SSSR count). The molecule has 10 heteroatoms. The molecule has 3 N–H and O–H groups in total. The number of hydrogen-bond donors (Lipinski definition) is 3. The van der Waals surface area contributed by atoms with Gasteiger partial charge in [-0.05, 0) is 48.6 Å². The molecule has 2 atom stereocenters. The van der Waals surface area contributed by atoms with E-state index in [1.807, 2.05) is 6.07 Å². The van der Waals surface area contributed by atoms with E-state index >= 15 is 0 Å². The first-order valence-electron chi connectivity index (χ1n) is 11.7. The van der Waals surface area contributed by atoms with Crippen molar-refractivity contribution in [3.05, 3.63) is 64.1 Å². The molecule has 0 bridgehead atoms. The van der Waals surface area contributed by atoms with Crippen molar-refractivity contribution in [1.82, 2.24) is 19.2 Å². The summed E-state index contributed by atoms with van der Waals surface area (Å²) in [5, 5.41) is 10.6. The Hall–Kier alpha value is -2.50. The summed E-state index contributed by atoms with van der Waals surface area (Å²) >= 11 is 0. The van der Waals surface area contributed by atoms with Gasteiger partial charge in [0.05, 0.1) is 34.7 Å². The van der Waals surface area contributed by atoms with Crippen LogP contribution >= 0.6 is 0 Å². The number of β-amino-alcohol motifs (C(OH)–C–C–N with tert-alkyl or cyclic N) is 1. The summed E-state index contributed by atoms with van der Waals surface area (Å²) in [5.41, 5.74) is 3.22. The largest absolute Gasteiger partial charge is 0.389 e. The molecule has 1 aliphatic heterocycles. The summed E-state index contributed by atoms with van der Waals surface area (Å²) in [4.78, 5) is 18.9. The molecule has 1 fully saturated rings.